The summed E-state index contributed by atoms with van der Waals surface area (Å²) in [5.74, 6) is 3.68. The zero-order valence-corrected chi connectivity index (χ0v) is 13.1. The normalized spacial score (nSPS) is 44.5. The van der Waals surface area contributed by atoms with E-state index >= 15 is 0 Å². The fourth-order valence-electron chi connectivity index (χ4n) is 4.92. The summed E-state index contributed by atoms with van der Waals surface area (Å²) in [6, 6.07) is 1.68. The van der Waals surface area contributed by atoms with E-state index in [4.69, 9.17) is 0 Å². The van der Waals surface area contributed by atoms with Crippen molar-refractivity contribution in [1.82, 2.24) is 10.2 Å². The number of hydrogen-bond donors (Lipinski definition) is 1. The van der Waals surface area contributed by atoms with Crippen LogP contribution in [0.1, 0.15) is 52.9 Å². The Hall–Kier alpha value is -0.0800. The van der Waals surface area contributed by atoms with E-state index in [0.717, 1.165) is 35.8 Å². The highest BCUT2D eigenvalue weighted by molar-refractivity contribution is 4.97. The molecule has 2 aliphatic heterocycles. The summed E-state index contributed by atoms with van der Waals surface area (Å²) < 4.78 is 0. The fraction of sp³-hybridized carbons (Fsp3) is 1.00. The molecule has 5 atom stereocenters. The largest absolute Gasteiger partial charge is 0.312 e. The third-order valence-electron chi connectivity index (χ3n) is 6.08. The second kappa shape index (κ2) is 5.73. The van der Waals surface area contributed by atoms with Crippen LogP contribution >= 0.6 is 0 Å². The predicted molar refractivity (Wildman–Crippen MR) is 81.2 cm³/mol. The average Bonchev–Trinajstić information content (AvgIpc) is 2.81. The van der Waals surface area contributed by atoms with Gasteiger partial charge in [0.25, 0.3) is 0 Å². The van der Waals surface area contributed by atoms with E-state index in [1.165, 1.54) is 51.7 Å². The van der Waals surface area contributed by atoms with Crippen LogP contribution < -0.4 is 5.32 Å². The third kappa shape index (κ3) is 2.85. The summed E-state index contributed by atoms with van der Waals surface area (Å²) in [4.78, 5) is 2.87. The Morgan fingerprint density at radius 1 is 1.11 bits per heavy atom. The van der Waals surface area contributed by atoms with Crippen molar-refractivity contribution in [2.45, 2.75) is 65.0 Å². The lowest BCUT2D eigenvalue weighted by molar-refractivity contribution is 0.0732. The van der Waals surface area contributed by atoms with Crippen molar-refractivity contribution in [2.75, 3.05) is 19.6 Å². The minimum Gasteiger partial charge on any atom is -0.312 e. The van der Waals surface area contributed by atoms with Gasteiger partial charge in [0.2, 0.25) is 0 Å². The van der Waals surface area contributed by atoms with Gasteiger partial charge in [0, 0.05) is 25.2 Å². The van der Waals surface area contributed by atoms with Crippen molar-refractivity contribution in [1.29, 1.82) is 0 Å². The van der Waals surface area contributed by atoms with Gasteiger partial charge in [0.05, 0.1) is 0 Å². The molecule has 3 aliphatic rings. The lowest BCUT2D eigenvalue weighted by atomic mass is 9.73. The molecule has 1 saturated carbocycles. The monoisotopic (exact) mass is 264 g/mol. The highest BCUT2D eigenvalue weighted by atomic mass is 15.2. The Morgan fingerprint density at radius 3 is 2.68 bits per heavy atom. The maximum atomic E-state index is 3.76. The molecule has 19 heavy (non-hydrogen) atoms. The first-order valence-corrected chi connectivity index (χ1v) is 8.62. The predicted octanol–water partition coefficient (Wildman–Crippen LogP) is 3.13. The van der Waals surface area contributed by atoms with Crippen LogP contribution in [0.4, 0.5) is 0 Å². The van der Waals surface area contributed by atoms with Gasteiger partial charge in [-0.3, -0.25) is 4.90 Å². The highest BCUT2D eigenvalue weighted by Crippen LogP contribution is 2.39. The van der Waals surface area contributed by atoms with E-state index in [2.05, 4.69) is 31.0 Å². The minimum atomic E-state index is 0.804. The van der Waals surface area contributed by atoms with Gasteiger partial charge in [0.1, 0.15) is 0 Å². The molecule has 0 aromatic heterocycles. The van der Waals surface area contributed by atoms with Gasteiger partial charge in [-0.15, -0.1) is 0 Å². The summed E-state index contributed by atoms with van der Waals surface area (Å²) in [5, 5.41) is 3.76. The summed E-state index contributed by atoms with van der Waals surface area (Å²) >= 11 is 0. The summed E-state index contributed by atoms with van der Waals surface area (Å²) in [7, 11) is 0. The van der Waals surface area contributed by atoms with Crippen molar-refractivity contribution in [3.8, 4) is 0 Å². The van der Waals surface area contributed by atoms with E-state index in [-0.39, 0.29) is 0 Å². The van der Waals surface area contributed by atoms with Gasteiger partial charge in [-0.25, -0.2) is 0 Å². The van der Waals surface area contributed by atoms with Crippen LogP contribution in [0.3, 0.4) is 0 Å². The van der Waals surface area contributed by atoms with E-state index in [0.29, 0.717) is 0 Å². The molecule has 0 aromatic carbocycles. The Bertz CT molecular complexity index is 288. The van der Waals surface area contributed by atoms with Gasteiger partial charge >= 0.3 is 0 Å². The number of rotatable bonds is 2. The van der Waals surface area contributed by atoms with Crippen LogP contribution in [0.5, 0.6) is 0 Å². The molecule has 0 amide bonds. The molecule has 2 heterocycles. The standard InChI is InChI=1S/C17H32N2/c1-12(2)15-7-6-13(3)9-17(15)19-10-14-5-4-8-18-16(14)11-19/h12-18H,4-11H2,1-3H3. The van der Waals surface area contributed by atoms with Gasteiger partial charge in [-0.1, -0.05) is 27.2 Å². The summed E-state index contributed by atoms with van der Waals surface area (Å²) in [6.07, 6.45) is 7.22. The van der Waals surface area contributed by atoms with E-state index in [1.807, 2.05) is 0 Å². The van der Waals surface area contributed by atoms with Crippen LogP contribution in [0.15, 0.2) is 0 Å². The first-order valence-electron chi connectivity index (χ1n) is 8.62. The number of hydrogen-bond acceptors (Lipinski definition) is 2. The SMILES string of the molecule is CC1CCC(C(C)C)C(N2CC3CCCNC3C2)C1. The molecular formula is C17H32N2. The maximum absolute atomic E-state index is 3.76. The number of nitrogens with zero attached hydrogens (tertiary/aromatic N) is 1. The molecule has 3 fully saturated rings. The van der Waals surface area contributed by atoms with Crippen molar-refractivity contribution in [3.05, 3.63) is 0 Å². The molecule has 110 valence electrons. The van der Waals surface area contributed by atoms with Crippen molar-refractivity contribution in [3.63, 3.8) is 0 Å². The smallest absolute Gasteiger partial charge is 0.0235 e. The highest BCUT2D eigenvalue weighted by Gasteiger charge is 2.41. The molecule has 5 unspecified atom stereocenters. The van der Waals surface area contributed by atoms with Crippen molar-refractivity contribution in [2.24, 2.45) is 23.7 Å². The van der Waals surface area contributed by atoms with Crippen LogP contribution in [-0.2, 0) is 0 Å². The van der Waals surface area contributed by atoms with Crippen molar-refractivity contribution >= 4 is 0 Å². The van der Waals surface area contributed by atoms with Crippen LogP contribution in [0, 0.1) is 23.7 Å². The average molecular weight is 264 g/mol. The molecule has 2 nitrogen and oxygen atoms in total. The maximum Gasteiger partial charge on any atom is 0.0235 e. The molecule has 0 radical (unpaired) electrons. The zero-order valence-electron chi connectivity index (χ0n) is 13.1. The number of fused-ring (bicyclic) bond motifs is 1. The fourth-order valence-corrected chi connectivity index (χ4v) is 4.92. The molecule has 1 aliphatic carbocycles. The number of piperidine rings is 1. The third-order valence-corrected chi connectivity index (χ3v) is 6.08. The topological polar surface area (TPSA) is 15.3 Å². The van der Waals surface area contributed by atoms with Gasteiger partial charge in [-0.2, -0.15) is 0 Å². The molecule has 0 aromatic rings. The minimum absolute atomic E-state index is 0.804. The Kier molecular flexibility index (Phi) is 4.19. The number of likely N-dealkylation sites (tertiary alicyclic amines) is 1. The molecule has 0 spiro atoms. The van der Waals surface area contributed by atoms with Crippen LogP contribution in [-0.4, -0.2) is 36.6 Å². The molecule has 2 heteroatoms. The Labute approximate surface area is 119 Å². The zero-order chi connectivity index (χ0) is 13.4. The van der Waals surface area contributed by atoms with Crippen LogP contribution in [0.2, 0.25) is 0 Å². The lowest BCUT2D eigenvalue weighted by Crippen LogP contribution is -2.46. The number of nitrogens with one attached hydrogen (secondary N) is 1. The van der Waals surface area contributed by atoms with Crippen LogP contribution in [0.25, 0.3) is 0 Å². The summed E-state index contributed by atoms with van der Waals surface area (Å²) in [5.41, 5.74) is 0. The van der Waals surface area contributed by atoms with Gasteiger partial charge < -0.3 is 5.32 Å². The molecule has 2 saturated heterocycles. The van der Waals surface area contributed by atoms with E-state index in [1.54, 1.807) is 0 Å². The van der Waals surface area contributed by atoms with E-state index < -0.39 is 0 Å². The molecule has 0 bridgehead atoms. The summed E-state index contributed by atoms with van der Waals surface area (Å²) in [6.45, 7) is 11.3. The first kappa shape index (κ1) is 13.9. The van der Waals surface area contributed by atoms with Gasteiger partial charge in [-0.05, 0) is 55.9 Å². The second-order valence-corrected chi connectivity index (χ2v) is 7.81. The molecular weight excluding hydrogens is 232 g/mol. The first-order chi connectivity index (χ1) is 9.15. The quantitative estimate of drug-likeness (QED) is 0.824. The second-order valence-electron chi connectivity index (χ2n) is 7.81. The van der Waals surface area contributed by atoms with Gasteiger partial charge in [0.15, 0.2) is 0 Å². The molecule has 1 N–H and O–H groups in total. The Morgan fingerprint density at radius 2 is 1.95 bits per heavy atom. The molecule has 3 rings (SSSR count). The lowest BCUT2D eigenvalue weighted by Gasteiger charge is -2.42. The van der Waals surface area contributed by atoms with E-state index in [9.17, 15) is 0 Å². The Balaban J connectivity index is 1.68. The van der Waals surface area contributed by atoms with Crippen molar-refractivity contribution < 1.29 is 0 Å².